The number of benzene rings is 1. The van der Waals surface area contributed by atoms with Crippen LogP contribution in [0.5, 0.6) is 0 Å². The maximum Gasteiger partial charge on any atom is 0.0852 e. The molecule has 0 bridgehead atoms. The average molecular weight is 208 g/mol. The van der Waals surface area contributed by atoms with Gasteiger partial charge in [0.2, 0.25) is 0 Å². The second kappa shape index (κ2) is 5.89. The highest BCUT2D eigenvalue weighted by Gasteiger charge is 2.18. The first-order valence-corrected chi connectivity index (χ1v) is 5.48. The van der Waals surface area contributed by atoms with Gasteiger partial charge in [-0.15, -0.1) is 0 Å². The van der Waals surface area contributed by atoms with Gasteiger partial charge >= 0.3 is 0 Å². The van der Waals surface area contributed by atoms with Crippen molar-refractivity contribution in [2.45, 2.75) is 38.9 Å². The van der Waals surface area contributed by atoms with Gasteiger partial charge in [0.1, 0.15) is 0 Å². The highest BCUT2D eigenvalue weighted by Crippen LogP contribution is 2.13. The fraction of sp³-hybridized carbons (Fsp3) is 0.538. The Bertz CT molecular complexity index is 267. The van der Waals surface area contributed by atoms with Crippen LogP contribution in [0.4, 0.5) is 0 Å². The molecule has 0 aliphatic heterocycles. The van der Waals surface area contributed by atoms with Crippen LogP contribution in [-0.4, -0.2) is 17.3 Å². The van der Waals surface area contributed by atoms with E-state index in [-0.39, 0.29) is 0 Å². The van der Waals surface area contributed by atoms with Crippen molar-refractivity contribution in [1.82, 2.24) is 0 Å². The molecule has 0 saturated heterocycles. The molecule has 1 aromatic rings. The lowest BCUT2D eigenvalue weighted by atomic mass is 10.0. The van der Waals surface area contributed by atoms with Gasteiger partial charge in [0.05, 0.1) is 18.8 Å². The van der Waals surface area contributed by atoms with Gasteiger partial charge in [-0.25, -0.2) is 0 Å². The minimum atomic E-state index is -0.691. The molecule has 0 aromatic heterocycles. The molecule has 2 nitrogen and oxygen atoms in total. The van der Waals surface area contributed by atoms with Gasteiger partial charge in [0.15, 0.2) is 0 Å². The van der Waals surface area contributed by atoms with E-state index < -0.39 is 5.60 Å². The van der Waals surface area contributed by atoms with Gasteiger partial charge in [0, 0.05) is 0 Å². The van der Waals surface area contributed by atoms with Crippen molar-refractivity contribution in [3.8, 4) is 0 Å². The Labute approximate surface area is 91.9 Å². The Hall–Kier alpha value is -0.860. The summed E-state index contributed by atoms with van der Waals surface area (Å²) in [5.41, 5.74) is 0.452. The third-order valence-corrected chi connectivity index (χ3v) is 2.31. The maximum absolute atomic E-state index is 9.87. The molecule has 0 aliphatic carbocycles. The van der Waals surface area contributed by atoms with Gasteiger partial charge in [-0.3, -0.25) is 0 Å². The Morgan fingerprint density at radius 1 is 1.27 bits per heavy atom. The van der Waals surface area contributed by atoms with Crippen molar-refractivity contribution < 1.29 is 9.84 Å². The van der Waals surface area contributed by atoms with Gasteiger partial charge in [-0.2, -0.15) is 0 Å². The topological polar surface area (TPSA) is 29.5 Å². The summed E-state index contributed by atoms with van der Waals surface area (Å²) in [5.74, 6) is 0. The molecule has 0 spiro atoms. The van der Waals surface area contributed by atoms with Crippen LogP contribution in [0.1, 0.15) is 32.3 Å². The zero-order valence-corrected chi connectivity index (χ0v) is 9.57. The van der Waals surface area contributed by atoms with Crippen molar-refractivity contribution in [1.29, 1.82) is 0 Å². The van der Waals surface area contributed by atoms with Crippen molar-refractivity contribution in [2.75, 3.05) is 6.61 Å². The van der Waals surface area contributed by atoms with E-state index in [4.69, 9.17) is 4.74 Å². The number of hydrogen-bond acceptors (Lipinski definition) is 2. The molecular weight excluding hydrogens is 188 g/mol. The van der Waals surface area contributed by atoms with E-state index in [0.29, 0.717) is 13.2 Å². The molecule has 2 heteroatoms. The summed E-state index contributed by atoms with van der Waals surface area (Å²) < 4.78 is 5.49. The van der Waals surface area contributed by atoms with E-state index in [9.17, 15) is 5.11 Å². The summed E-state index contributed by atoms with van der Waals surface area (Å²) in [6.07, 6.45) is 1.75. The Morgan fingerprint density at radius 3 is 2.53 bits per heavy atom. The van der Waals surface area contributed by atoms with E-state index in [1.165, 1.54) is 0 Å². The van der Waals surface area contributed by atoms with Crippen LogP contribution in [0, 0.1) is 0 Å². The second-order valence-corrected chi connectivity index (χ2v) is 4.23. The van der Waals surface area contributed by atoms with Crippen molar-refractivity contribution in [3.63, 3.8) is 0 Å². The molecule has 1 N–H and O–H groups in total. The lowest BCUT2D eigenvalue weighted by Crippen LogP contribution is -2.30. The minimum Gasteiger partial charge on any atom is -0.388 e. The summed E-state index contributed by atoms with van der Waals surface area (Å²) in [6, 6.07) is 10.0. The predicted molar refractivity (Wildman–Crippen MR) is 61.6 cm³/mol. The fourth-order valence-corrected chi connectivity index (χ4v) is 1.57. The summed E-state index contributed by atoms with van der Waals surface area (Å²) in [5, 5.41) is 9.87. The Morgan fingerprint density at radius 2 is 1.93 bits per heavy atom. The largest absolute Gasteiger partial charge is 0.388 e. The third kappa shape index (κ3) is 4.96. The molecule has 84 valence electrons. The molecule has 0 aliphatic rings. The first kappa shape index (κ1) is 12.2. The van der Waals surface area contributed by atoms with Crippen molar-refractivity contribution >= 4 is 0 Å². The lowest BCUT2D eigenvalue weighted by molar-refractivity contribution is -0.0446. The maximum atomic E-state index is 9.87. The molecule has 15 heavy (non-hydrogen) atoms. The van der Waals surface area contributed by atoms with Crippen LogP contribution >= 0.6 is 0 Å². The van der Waals surface area contributed by atoms with E-state index >= 15 is 0 Å². The van der Waals surface area contributed by atoms with E-state index in [1.807, 2.05) is 37.3 Å². The summed E-state index contributed by atoms with van der Waals surface area (Å²) >= 11 is 0. The normalized spacial score (nSPS) is 14.9. The number of ether oxygens (including phenoxy) is 1. The standard InChI is InChI=1S/C13H20O2/c1-3-9-13(2,14)11-15-10-12-7-5-4-6-8-12/h4-8,14H,3,9-11H2,1-2H3. The van der Waals surface area contributed by atoms with Gasteiger partial charge in [-0.05, 0) is 18.9 Å². The van der Waals surface area contributed by atoms with E-state index in [1.54, 1.807) is 0 Å². The second-order valence-electron chi connectivity index (χ2n) is 4.23. The van der Waals surface area contributed by atoms with Crippen LogP contribution in [0.15, 0.2) is 30.3 Å². The molecular formula is C13H20O2. The quantitative estimate of drug-likeness (QED) is 0.779. The Kier molecular flexibility index (Phi) is 4.79. The molecule has 0 amide bonds. The monoisotopic (exact) mass is 208 g/mol. The van der Waals surface area contributed by atoms with E-state index in [2.05, 4.69) is 6.92 Å². The molecule has 0 heterocycles. The zero-order chi connectivity index (χ0) is 11.1. The molecule has 0 radical (unpaired) electrons. The van der Waals surface area contributed by atoms with Crippen LogP contribution in [0.3, 0.4) is 0 Å². The molecule has 1 unspecified atom stereocenters. The SMILES string of the molecule is CCCC(C)(O)COCc1ccccc1. The predicted octanol–water partition coefficient (Wildman–Crippen LogP) is 2.75. The number of rotatable bonds is 6. The zero-order valence-electron chi connectivity index (χ0n) is 9.57. The highest BCUT2D eigenvalue weighted by molar-refractivity contribution is 5.13. The van der Waals surface area contributed by atoms with Gasteiger partial charge in [0.25, 0.3) is 0 Å². The average Bonchev–Trinajstić information content (AvgIpc) is 2.19. The van der Waals surface area contributed by atoms with Gasteiger partial charge < -0.3 is 9.84 Å². The van der Waals surface area contributed by atoms with Gasteiger partial charge in [-0.1, -0.05) is 43.7 Å². The van der Waals surface area contributed by atoms with Crippen LogP contribution in [0.25, 0.3) is 0 Å². The number of aliphatic hydroxyl groups is 1. The first-order chi connectivity index (χ1) is 7.14. The van der Waals surface area contributed by atoms with E-state index in [0.717, 1.165) is 18.4 Å². The van der Waals surface area contributed by atoms with Crippen molar-refractivity contribution in [3.05, 3.63) is 35.9 Å². The van der Waals surface area contributed by atoms with Crippen LogP contribution < -0.4 is 0 Å². The van der Waals surface area contributed by atoms with Crippen LogP contribution in [-0.2, 0) is 11.3 Å². The smallest absolute Gasteiger partial charge is 0.0852 e. The third-order valence-electron chi connectivity index (χ3n) is 2.31. The summed E-state index contributed by atoms with van der Waals surface area (Å²) in [6.45, 7) is 4.85. The van der Waals surface area contributed by atoms with Crippen LogP contribution in [0.2, 0.25) is 0 Å². The number of hydrogen-bond donors (Lipinski definition) is 1. The molecule has 1 aromatic carbocycles. The minimum absolute atomic E-state index is 0.399. The molecule has 0 saturated carbocycles. The summed E-state index contributed by atoms with van der Waals surface area (Å²) in [7, 11) is 0. The van der Waals surface area contributed by atoms with Crippen molar-refractivity contribution in [2.24, 2.45) is 0 Å². The first-order valence-electron chi connectivity index (χ1n) is 5.48. The summed E-state index contributed by atoms with van der Waals surface area (Å²) in [4.78, 5) is 0. The Balaban J connectivity index is 2.27. The molecule has 0 fully saturated rings. The highest BCUT2D eigenvalue weighted by atomic mass is 16.5. The molecule has 1 atom stereocenters. The lowest BCUT2D eigenvalue weighted by Gasteiger charge is -2.22. The molecule has 1 rings (SSSR count). The fourth-order valence-electron chi connectivity index (χ4n) is 1.57.